The first-order valence-corrected chi connectivity index (χ1v) is 6.84. The van der Waals surface area contributed by atoms with Crippen molar-refractivity contribution in [2.24, 2.45) is 0 Å². The lowest BCUT2D eigenvalue weighted by Crippen LogP contribution is -2.24. The van der Waals surface area contributed by atoms with Gasteiger partial charge in [-0.1, -0.05) is 0 Å². The lowest BCUT2D eigenvalue weighted by molar-refractivity contribution is 0.0952. The molecule has 0 fully saturated rings. The topological polar surface area (TPSA) is 64.1 Å². The van der Waals surface area contributed by atoms with Gasteiger partial charge in [-0.15, -0.1) is 11.3 Å². The number of pyridine rings is 1. The molecular formula is C13H15N3O2S. The number of ether oxygens (including phenoxy) is 1. The van der Waals surface area contributed by atoms with Crippen LogP contribution in [0.1, 0.15) is 21.8 Å². The summed E-state index contributed by atoms with van der Waals surface area (Å²) in [6, 6.07) is 3.29. The van der Waals surface area contributed by atoms with E-state index in [9.17, 15) is 4.79 Å². The average molecular weight is 277 g/mol. The standard InChI is InChI=1S/C13H15N3O2S/c1-18-11-9-10(4-6-14-11)13(17)16-5-2-3-12-15-7-8-19-12/h4,6-9H,2-3,5H2,1H3,(H,16,17). The number of aryl methyl sites for hydroxylation is 1. The van der Waals surface area contributed by atoms with Gasteiger partial charge >= 0.3 is 0 Å². The van der Waals surface area contributed by atoms with Crippen molar-refractivity contribution in [3.8, 4) is 5.88 Å². The van der Waals surface area contributed by atoms with Gasteiger partial charge in [-0.25, -0.2) is 9.97 Å². The van der Waals surface area contributed by atoms with E-state index in [4.69, 9.17) is 4.74 Å². The molecule has 1 amide bonds. The molecule has 100 valence electrons. The fourth-order valence-electron chi connectivity index (χ4n) is 1.58. The lowest BCUT2D eigenvalue weighted by atomic mass is 10.2. The zero-order valence-corrected chi connectivity index (χ0v) is 11.4. The number of methoxy groups -OCH3 is 1. The maximum absolute atomic E-state index is 11.9. The Balaban J connectivity index is 1.77. The summed E-state index contributed by atoms with van der Waals surface area (Å²) < 4.78 is 4.98. The second-order valence-corrected chi connectivity index (χ2v) is 4.85. The third kappa shape index (κ3) is 4.03. The average Bonchev–Trinajstić information content (AvgIpc) is 2.96. The van der Waals surface area contributed by atoms with Crippen LogP contribution in [0.5, 0.6) is 5.88 Å². The Labute approximate surface area is 115 Å². The molecule has 0 aliphatic carbocycles. The van der Waals surface area contributed by atoms with Crippen LogP contribution in [0, 0.1) is 0 Å². The van der Waals surface area contributed by atoms with Crippen molar-refractivity contribution in [1.82, 2.24) is 15.3 Å². The summed E-state index contributed by atoms with van der Waals surface area (Å²) in [5, 5.41) is 5.92. The molecule has 19 heavy (non-hydrogen) atoms. The van der Waals surface area contributed by atoms with Crippen LogP contribution in [-0.4, -0.2) is 29.5 Å². The summed E-state index contributed by atoms with van der Waals surface area (Å²) in [6.07, 6.45) is 5.12. The van der Waals surface area contributed by atoms with E-state index in [1.165, 1.54) is 7.11 Å². The van der Waals surface area contributed by atoms with E-state index < -0.39 is 0 Å². The number of hydrogen-bond donors (Lipinski definition) is 1. The summed E-state index contributed by atoms with van der Waals surface area (Å²) in [5.41, 5.74) is 0.557. The number of aromatic nitrogens is 2. The molecule has 0 aliphatic rings. The number of nitrogens with one attached hydrogen (secondary N) is 1. The number of hydrogen-bond acceptors (Lipinski definition) is 5. The van der Waals surface area contributed by atoms with Crippen LogP contribution in [0.3, 0.4) is 0 Å². The highest BCUT2D eigenvalue weighted by Gasteiger charge is 2.06. The molecular weight excluding hydrogens is 262 g/mol. The van der Waals surface area contributed by atoms with Gasteiger partial charge < -0.3 is 10.1 Å². The van der Waals surface area contributed by atoms with Crippen LogP contribution in [0.25, 0.3) is 0 Å². The second kappa shape index (κ2) is 6.84. The minimum atomic E-state index is -0.111. The van der Waals surface area contributed by atoms with E-state index >= 15 is 0 Å². The predicted octanol–water partition coefficient (Wildman–Crippen LogP) is 1.91. The molecule has 0 unspecified atom stereocenters. The van der Waals surface area contributed by atoms with Crippen LogP contribution in [0.15, 0.2) is 29.9 Å². The quantitative estimate of drug-likeness (QED) is 0.819. The summed E-state index contributed by atoms with van der Waals surface area (Å²) in [4.78, 5) is 20.0. The minimum Gasteiger partial charge on any atom is -0.481 e. The number of amides is 1. The van der Waals surface area contributed by atoms with Gasteiger partial charge in [-0.05, 0) is 12.5 Å². The predicted molar refractivity (Wildman–Crippen MR) is 73.6 cm³/mol. The zero-order valence-electron chi connectivity index (χ0n) is 10.6. The number of carbonyl (C=O) groups excluding carboxylic acids is 1. The molecule has 0 saturated carbocycles. The van der Waals surface area contributed by atoms with Crippen molar-refractivity contribution in [1.29, 1.82) is 0 Å². The highest BCUT2D eigenvalue weighted by molar-refractivity contribution is 7.09. The Morgan fingerprint density at radius 1 is 1.42 bits per heavy atom. The molecule has 5 nitrogen and oxygen atoms in total. The molecule has 0 spiro atoms. The molecule has 2 heterocycles. The lowest BCUT2D eigenvalue weighted by Gasteiger charge is -2.05. The smallest absolute Gasteiger partial charge is 0.251 e. The van der Waals surface area contributed by atoms with Crippen molar-refractivity contribution in [2.45, 2.75) is 12.8 Å². The van der Waals surface area contributed by atoms with E-state index in [0.717, 1.165) is 17.8 Å². The molecule has 2 rings (SSSR count). The first-order valence-electron chi connectivity index (χ1n) is 5.96. The molecule has 0 atom stereocenters. The van der Waals surface area contributed by atoms with Gasteiger partial charge in [0.2, 0.25) is 5.88 Å². The molecule has 0 bridgehead atoms. The first kappa shape index (κ1) is 13.5. The molecule has 0 aromatic carbocycles. The van der Waals surface area contributed by atoms with Crippen LogP contribution in [-0.2, 0) is 6.42 Å². The SMILES string of the molecule is COc1cc(C(=O)NCCCc2nccs2)ccn1. The monoisotopic (exact) mass is 277 g/mol. The molecule has 0 radical (unpaired) electrons. The molecule has 6 heteroatoms. The highest BCUT2D eigenvalue weighted by atomic mass is 32.1. The second-order valence-electron chi connectivity index (χ2n) is 3.87. The van der Waals surface area contributed by atoms with Gasteiger partial charge in [0.15, 0.2) is 0 Å². The van der Waals surface area contributed by atoms with E-state index in [1.54, 1.807) is 35.9 Å². The number of thiazole rings is 1. The van der Waals surface area contributed by atoms with Crippen molar-refractivity contribution in [2.75, 3.05) is 13.7 Å². The minimum absolute atomic E-state index is 0.111. The van der Waals surface area contributed by atoms with Gasteiger partial charge in [0.25, 0.3) is 5.91 Å². The Morgan fingerprint density at radius 2 is 2.32 bits per heavy atom. The van der Waals surface area contributed by atoms with Gasteiger partial charge in [-0.3, -0.25) is 4.79 Å². The fraction of sp³-hybridized carbons (Fsp3) is 0.308. The van der Waals surface area contributed by atoms with Gasteiger partial charge in [0.1, 0.15) is 0 Å². The molecule has 2 aromatic heterocycles. The van der Waals surface area contributed by atoms with Crippen molar-refractivity contribution >= 4 is 17.2 Å². The Bertz CT molecular complexity index is 528. The highest BCUT2D eigenvalue weighted by Crippen LogP contribution is 2.09. The molecule has 0 saturated heterocycles. The Hall–Kier alpha value is -1.95. The van der Waals surface area contributed by atoms with Gasteiger partial charge in [-0.2, -0.15) is 0 Å². The third-order valence-corrected chi connectivity index (χ3v) is 3.38. The van der Waals surface area contributed by atoms with Crippen LogP contribution in [0.4, 0.5) is 0 Å². The third-order valence-electron chi connectivity index (χ3n) is 2.54. The van der Waals surface area contributed by atoms with E-state index in [-0.39, 0.29) is 5.91 Å². The number of carbonyl (C=O) groups is 1. The van der Waals surface area contributed by atoms with Gasteiger partial charge in [0.05, 0.1) is 12.1 Å². The largest absolute Gasteiger partial charge is 0.481 e. The number of rotatable bonds is 6. The number of nitrogens with zero attached hydrogens (tertiary/aromatic N) is 2. The fourth-order valence-corrected chi connectivity index (χ4v) is 2.25. The Kier molecular flexibility index (Phi) is 4.85. The van der Waals surface area contributed by atoms with E-state index in [2.05, 4.69) is 15.3 Å². The molecule has 2 aromatic rings. The first-order chi connectivity index (χ1) is 9.29. The van der Waals surface area contributed by atoms with Crippen molar-refractivity contribution in [3.05, 3.63) is 40.5 Å². The normalized spacial score (nSPS) is 10.2. The van der Waals surface area contributed by atoms with Gasteiger partial charge in [0, 0.05) is 42.4 Å². The summed E-state index contributed by atoms with van der Waals surface area (Å²) in [7, 11) is 1.53. The van der Waals surface area contributed by atoms with E-state index in [0.29, 0.717) is 18.0 Å². The maximum atomic E-state index is 11.9. The van der Waals surface area contributed by atoms with Crippen LogP contribution >= 0.6 is 11.3 Å². The van der Waals surface area contributed by atoms with E-state index in [1.807, 2.05) is 5.38 Å². The van der Waals surface area contributed by atoms with Crippen LogP contribution < -0.4 is 10.1 Å². The molecule has 1 N–H and O–H groups in total. The zero-order chi connectivity index (χ0) is 13.5. The molecule has 0 aliphatic heterocycles. The maximum Gasteiger partial charge on any atom is 0.251 e. The Morgan fingerprint density at radius 3 is 3.05 bits per heavy atom. The van der Waals surface area contributed by atoms with Crippen molar-refractivity contribution < 1.29 is 9.53 Å². The summed E-state index contributed by atoms with van der Waals surface area (Å²) in [6.45, 7) is 0.628. The summed E-state index contributed by atoms with van der Waals surface area (Å²) in [5.74, 6) is 0.329. The summed E-state index contributed by atoms with van der Waals surface area (Å²) >= 11 is 1.63. The van der Waals surface area contributed by atoms with Crippen molar-refractivity contribution in [3.63, 3.8) is 0 Å². The van der Waals surface area contributed by atoms with Crippen LogP contribution in [0.2, 0.25) is 0 Å².